The van der Waals surface area contributed by atoms with E-state index in [1.165, 1.54) is 12.2 Å². The van der Waals surface area contributed by atoms with E-state index in [-0.39, 0.29) is 22.4 Å². The molecular weight excluding hydrogens is 294 g/mol. The molecule has 0 heterocycles. The van der Waals surface area contributed by atoms with Crippen molar-refractivity contribution >= 4 is 11.6 Å². The predicted molar refractivity (Wildman–Crippen MR) is 85.3 cm³/mol. The zero-order valence-electron chi connectivity index (χ0n) is 13.0. The Bertz CT molecular complexity index is 682. The maximum Gasteiger partial charge on any atom is 0.250 e. The Balaban J connectivity index is 1.80. The number of Topliss-reactive ketones (excluding diaryl/α,β-unsaturated/α-hetero) is 1. The van der Waals surface area contributed by atoms with Crippen LogP contribution in [0.4, 0.5) is 0 Å². The quantitative estimate of drug-likeness (QED) is 0.580. The highest BCUT2D eigenvalue weighted by molar-refractivity contribution is 5.99. The van der Waals surface area contributed by atoms with Crippen LogP contribution in [0.15, 0.2) is 47.6 Å². The fourth-order valence-electron chi connectivity index (χ4n) is 3.62. The fourth-order valence-corrected chi connectivity index (χ4v) is 3.62. The van der Waals surface area contributed by atoms with Gasteiger partial charge in [-0.05, 0) is 50.0 Å². The van der Waals surface area contributed by atoms with Crippen molar-refractivity contribution < 1.29 is 14.5 Å². The molecule has 3 aliphatic rings. The largest absolute Gasteiger partial charge is 0.298 e. The molecule has 0 spiro atoms. The Morgan fingerprint density at radius 3 is 2.61 bits per heavy atom. The zero-order chi connectivity index (χ0) is 16.6. The van der Waals surface area contributed by atoms with Crippen LogP contribution >= 0.6 is 0 Å². The highest BCUT2D eigenvalue weighted by Crippen LogP contribution is 2.46. The Morgan fingerprint density at radius 1 is 1.26 bits per heavy atom. The van der Waals surface area contributed by atoms with Gasteiger partial charge in [-0.2, -0.15) is 0 Å². The molecule has 0 amide bonds. The molecule has 0 saturated heterocycles. The number of carbonyl (C=O) groups excluding carboxylic acids is 2. The molecular formula is C18H19NO4. The Morgan fingerprint density at radius 2 is 1.96 bits per heavy atom. The van der Waals surface area contributed by atoms with Crippen LogP contribution in [0.1, 0.15) is 32.6 Å². The molecule has 3 rings (SSSR count). The first kappa shape index (κ1) is 15.6. The van der Waals surface area contributed by atoms with Crippen LogP contribution in [0.5, 0.6) is 0 Å². The first-order chi connectivity index (χ1) is 10.9. The van der Waals surface area contributed by atoms with Gasteiger partial charge >= 0.3 is 0 Å². The number of fused-ring (bicyclic) bond motifs is 1. The van der Waals surface area contributed by atoms with Crippen LogP contribution in [-0.4, -0.2) is 22.5 Å². The molecule has 3 aliphatic carbocycles. The molecule has 2 unspecified atom stereocenters. The molecule has 1 fully saturated rings. The second-order valence-electron chi connectivity index (χ2n) is 6.64. The van der Waals surface area contributed by atoms with Gasteiger partial charge in [0.15, 0.2) is 5.78 Å². The molecule has 2 atom stereocenters. The van der Waals surface area contributed by atoms with Crippen LogP contribution in [0.25, 0.3) is 0 Å². The van der Waals surface area contributed by atoms with Gasteiger partial charge < -0.3 is 0 Å². The van der Waals surface area contributed by atoms with E-state index in [1.54, 1.807) is 18.2 Å². The Hall–Kier alpha value is -2.30. The summed E-state index contributed by atoms with van der Waals surface area (Å²) in [5.41, 5.74) is 1.28. The third-order valence-electron chi connectivity index (χ3n) is 5.13. The summed E-state index contributed by atoms with van der Waals surface area (Å²) in [7, 11) is 0. The smallest absolute Gasteiger partial charge is 0.250 e. The number of hydrogen-bond acceptors (Lipinski definition) is 4. The number of nitro groups is 1. The van der Waals surface area contributed by atoms with Crippen molar-refractivity contribution in [3.05, 3.63) is 57.7 Å². The second kappa shape index (κ2) is 5.72. The zero-order valence-corrected chi connectivity index (χ0v) is 13.0. The van der Waals surface area contributed by atoms with Gasteiger partial charge in [-0.15, -0.1) is 0 Å². The molecule has 5 nitrogen and oxygen atoms in total. The summed E-state index contributed by atoms with van der Waals surface area (Å²) < 4.78 is 0. The maximum atomic E-state index is 12.9. The van der Waals surface area contributed by atoms with E-state index in [0.717, 1.165) is 17.6 Å². The van der Waals surface area contributed by atoms with Gasteiger partial charge in [0.05, 0.1) is 0 Å². The molecule has 120 valence electrons. The monoisotopic (exact) mass is 313 g/mol. The lowest BCUT2D eigenvalue weighted by Crippen LogP contribution is -2.41. The normalized spacial score (nSPS) is 33.3. The first-order valence-corrected chi connectivity index (χ1v) is 7.90. The maximum absolute atomic E-state index is 12.9. The number of rotatable bonds is 2. The van der Waals surface area contributed by atoms with Gasteiger partial charge in [-0.1, -0.05) is 23.8 Å². The van der Waals surface area contributed by atoms with Crippen molar-refractivity contribution in [2.24, 2.45) is 11.3 Å². The number of allylic oxidation sites excluding steroid dienone is 6. The number of carbonyl (C=O) groups is 2. The van der Waals surface area contributed by atoms with Gasteiger partial charge in [-0.25, -0.2) is 0 Å². The standard InChI is InChI=1S/C18H19NO4/c1-18-9-8-16(20)11-14(18)5-4-13(17(18)21)10-12-2-6-15(7-3-12)19(22)23/h2-3,6-7,10-11,13,15H,4-5,8-9H2,1H3. The molecule has 0 radical (unpaired) electrons. The minimum Gasteiger partial charge on any atom is -0.298 e. The van der Waals surface area contributed by atoms with Crippen LogP contribution in [0.2, 0.25) is 0 Å². The van der Waals surface area contributed by atoms with Gasteiger partial charge in [0.1, 0.15) is 5.78 Å². The Kier molecular flexibility index (Phi) is 3.88. The lowest BCUT2D eigenvalue weighted by atomic mass is 9.62. The summed E-state index contributed by atoms with van der Waals surface area (Å²) in [5.74, 6) is 0.0843. The van der Waals surface area contributed by atoms with Crippen molar-refractivity contribution in [1.29, 1.82) is 0 Å². The van der Waals surface area contributed by atoms with E-state index in [4.69, 9.17) is 0 Å². The van der Waals surface area contributed by atoms with Crippen LogP contribution in [-0.2, 0) is 9.59 Å². The topological polar surface area (TPSA) is 77.3 Å². The van der Waals surface area contributed by atoms with Crippen LogP contribution < -0.4 is 0 Å². The summed E-state index contributed by atoms with van der Waals surface area (Å²) in [4.78, 5) is 34.8. The highest BCUT2D eigenvalue weighted by atomic mass is 16.6. The highest BCUT2D eigenvalue weighted by Gasteiger charge is 2.45. The predicted octanol–water partition coefficient (Wildman–Crippen LogP) is 2.96. The molecule has 0 aliphatic heterocycles. The lowest BCUT2D eigenvalue weighted by Gasteiger charge is -2.40. The average molecular weight is 313 g/mol. The van der Waals surface area contributed by atoms with Crippen LogP contribution in [0, 0.1) is 21.4 Å². The summed E-state index contributed by atoms with van der Waals surface area (Å²) in [6.45, 7) is 1.94. The minimum atomic E-state index is -0.786. The van der Waals surface area contributed by atoms with E-state index in [9.17, 15) is 19.7 Å². The lowest BCUT2D eigenvalue weighted by molar-refractivity contribution is -0.496. The summed E-state index contributed by atoms with van der Waals surface area (Å²) in [6, 6.07) is -0.786. The molecule has 0 N–H and O–H groups in total. The SMILES string of the molecule is CC12CCC(=O)C=C1CCC(C=C1C=CC([N+](=O)[O-])C=C1)C2=O. The molecule has 23 heavy (non-hydrogen) atoms. The van der Waals surface area contributed by atoms with Gasteiger partial charge in [-0.3, -0.25) is 19.7 Å². The van der Waals surface area contributed by atoms with Crippen molar-refractivity contribution in [2.45, 2.75) is 38.6 Å². The van der Waals surface area contributed by atoms with E-state index in [2.05, 4.69) is 0 Å². The molecule has 0 aromatic carbocycles. The summed E-state index contributed by atoms with van der Waals surface area (Å²) in [5, 5.41) is 10.7. The van der Waals surface area contributed by atoms with Crippen molar-refractivity contribution in [3.63, 3.8) is 0 Å². The average Bonchev–Trinajstić information content (AvgIpc) is 2.53. The van der Waals surface area contributed by atoms with Crippen LogP contribution in [0.3, 0.4) is 0 Å². The molecule has 5 heteroatoms. The van der Waals surface area contributed by atoms with E-state index in [0.29, 0.717) is 19.3 Å². The number of hydrogen-bond donors (Lipinski definition) is 0. The molecule has 1 saturated carbocycles. The fraction of sp³-hybridized carbons (Fsp3) is 0.444. The van der Waals surface area contributed by atoms with Gasteiger partial charge in [0, 0.05) is 22.7 Å². The van der Waals surface area contributed by atoms with Crippen molar-refractivity contribution in [2.75, 3.05) is 0 Å². The molecule has 0 aromatic heterocycles. The van der Waals surface area contributed by atoms with Crippen molar-refractivity contribution in [1.82, 2.24) is 0 Å². The summed E-state index contributed by atoms with van der Waals surface area (Å²) in [6.07, 6.45) is 12.5. The first-order valence-electron chi connectivity index (χ1n) is 7.90. The third-order valence-corrected chi connectivity index (χ3v) is 5.13. The molecule has 0 bridgehead atoms. The number of nitrogens with zero attached hydrogens (tertiary/aromatic N) is 1. The van der Waals surface area contributed by atoms with E-state index >= 15 is 0 Å². The van der Waals surface area contributed by atoms with Crippen molar-refractivity contribution in [3.8, 4) is 0 Å². The third kappa shape index (κ3) is 2.83. The summed E-state index contributed by atoms with van der Waals surface area (Å²) >= 11 is 0. The van der Waals surface area contributed by atoms with E-state index < -0.39 is 11.5 Å². The van der Waals surface area contributed by atoms with Gasteiger partial charge in [0.25, 0.3) is 0 Å². The second-order valence-corrected chi connectivity index (χ2v) is 6.64. The van der Waals surface area contributed by atoms with E-state index in [1.807, 2.05) is 13.0 Å². The molecule has 0 aromatic rings. The number of ketones is 2. The Labute approximate surface area is 134 Å². The minimum absolute atomic E-state index is 0.117. The van der Waals surface area contributed by atoms with Gasteiger partial charge in [0.2, 0.25) is 6.04 Å².